The molecule has 20 heavy (non-hydrogen) atoms. The highest BCUT2D eigenvalue weighted by atomic mass is 19.1. The summed E-state index contributed by atoms with van der Waals surface area (Å²) in [4.78, 5) is 22.5. The topological polar surface area (TPSA) is 55.4 Å². The molecule has 0 fully saturated rings. The highest BCUT2D eigenvalue weighted by Gasteiger charge is 2.01. The van der Waals surface area contributed by atoms with Crippen molar-refractivity contribution in [3.63, 3.8) is 0 Å². The molecular weight excluding hydrogens is 261 g/mol. The van der Waals surface area contributed by atoms with Gasteiger partial charge in [0.05, 0.1) is 6.61 Å². The number of benzene rings is 1. The Kier molecular flexibility index (Phi) is 7.03. The van der Waals surface area contributed by atoms with Crippen molar-refractivity contribution >= 4 is 18.0 Å². The van der Waals surface area contributed by atoms with E-state index in [1.807, 2.05) is 0 Å². The molecule has 0 saturated carbocycles. The molecule has 0 aliphatic heterocycles. The number of nitrogens with one attached hydrogen (secondary N) is 1. The first-order valence-electron chi connectivity index (χ1n) is 6.49. The summed E-state index contributed by atoms with van der Waals surface area (Å²) in [7, 11) is 0. The Morgan fingerprint density at radius 1 is 1.40 bits per heavy atom. The molecule has 0 spiro atoms. The van der Waals surface area contributed by atoms with Crippen molar-refractivity contribution in [2.45, 2.75) is 19.8 Å². The van der Waals surface area contributed by atoms with Crippen LogP contribution >= 0.6 is 0 Å². The largest absolute Gasteiger partial charge is 0.466 e. The first-order valence-corrected chi connectivity index (χ1v) is 6.49. The van der Waals surface area contributed by atoms with E-state index < -0.39 is 0 Å². The van der Waals surface area contributed by atoms with Gasteiger partial charge < -0.3 is 10.1 Å². The van der Waals surface area contributed by atoms with Gasteiger partial charge in [0.25, 0.3) is 0 Å². The quantitative estimate of drug-likeness (QED) is 0.473. The number of hydrogen-bond acceptors (Lipinski definition) is 3. The fourth-order valence-corrected chi connectivity index (χ4v) is 1.52. The fourth-order valence-electron chi connectivity index (χ4n) is 1.52. The molecule has 1 rings (SSSR count). The normalized spacial score (nSPS) is 10.5. The van der Waals surface area contributed by atoms with Crippen LogP contribution in [0.15, 0.2) is 30.3 Å². The van der Waals surface area contributed by atoms with Crippen LogP contribution in [0.3, 0.4) is 0 Å². The molecule has 1 aromatic rings. The van der Waals surface area contributed by atoms with E-state index in [1.54, 1.807) is 19.1 Å². The van der Waals surface area contributed by atoms with Gasteiger partial charge in [-0.2, -0.15) is 0 Å². The SMILES string of the molecule is CCOC(=O)CCCNC(=O)C=Cc1cccc(F)c1. The molecule has 0 unspecified atom stereocenters. The number of ether oxygens (including phenoxy) is 1. The van der Waals surface area contributed by atoms with E-state index in [0.717, 1.165) is 0 Å². The van der Waals surface area contributed by atoms with E-state index in [0.29, 0.717) is 25.1 Å². The molecule has 0 aromatic heterocycles. The van der Waals surface area contributed by atoms with Gasteiger partial charge in [0.2, 0.25) is 5.91 Å². The molecule has 0 radical (unpaired) electrons. The van der Waals surface area contributed by atoms with Gasteiger partial charge in [-0.1, -0.05) is 12.1 Å². The molecule has 1 aromatic carbocycles. The summed E-state index contributed by atoms with van der Waals surface area (Å²) in [6.07, 6.45) is 3.67. The molecule has 0 aliphatic carbocycles. The lowest BCUT2D eigenvalue weighted by Gasteiger charge is -2.02. The second kappa shape index (κ2) is 8.85. The molecule has 5 heteroatoms. The van der Waals surface area contributed by atoms with Crippen LogP contribution in [0.2, 0.25) is 0 Å². The Hall–Kier alpha value is -2.17. The lowest BCUT2D eigenvalue weighted by molar-refractivity contribution is -0.143. The lowest BCUT2D eigenvalue weighted by Crippen LogP contribution is -2.22. The van der Waals surface area contributed by atoms with Crippen LogP contribution in [0, 0.1) is 5.82 Å². The molecule has 0 bridgehead atoms. The zero-order valence-electron chi connectivity index (χ0n) is 11.4. The van der Waals surface area contributed by atoms with E-state index >= 15 is 0 Å². The summed E-state index contributed by atoms with van der Waals surface area (Å²) in [6, 6.07) is 5.96. The molecule has 0 heterocycles. The van der Waals surface area contributed by atoms with Crippen molar-refractivity contribution in [1.82, 2.24) is 5.32 Å². The minimum Gasteiger partial charge on any atom is -0.466 e. The van der Waals surface area contributed by atoms with Crippen LogP contribution in [0.4, 0.5) is 4.39 Å². The third-order valence-electron chi connectivity index (χ3n) is 2.44. The van der Waals surface area contributed by atoms with Crippen molar-refractivity contribution in [3.05, 3.63) is 41.7 Å². The highest BCUT2D eigenvalue weighted by molar-refractivity contribution is 5.91. The summed E-state index contributed by atoms with van der Waals surface area (Å²) in [5.41, 5.74) is 0.617. The maximum absolute atomic E-state index is 12.9. The molecule has 1 amide bonds. The summed E-state index contributed by atoms with van der Waals surface area (Å²) >= 11 is 0. The maximum atomic E-state index is 12.9. The molecule has 0 aliphatic rings. The van der Waals surface area contributed by atoms with E-state index in [4.69, 9.17) is 4.74 Å². The van der Waals surface area contributed by atoms with Crippen LogP contribution < -0.4 is 5.32 Å². The summed E-state index contributed by atoms with van der Waals surface area (Å²) in [5.74, 6) is -0.892. The molecule has 0 saturated heterocycles. The van der Waals surface area contributed by atoms with Crippen LogP contribution in [0.5, 0.6) is 0 Å². The Balaban J connectivity index is 2.25. The van der Waals surface area contributed by atoms with Gasteiger partial charge in [0, 0.05) is 19.0 Å². The second-order valence-electron chi connectivity index (χ2n) is 4.09. The van der Waals surface area contributed by atoms with Gasteiger partial charge in [0.1, 0.15) is 5.82 Å². The third-order valence-corrected chi connectivity index (χ3v) is 2.44. The van der Waals surface area contributed by atoms with Crippen LogP contribution in [-0.4, -0.2) is 25.0 Å². The van der Waals surface area contributed by atoms with Crippen molar-refractivity contribution in [1.29, 1.82) is 0 Å². The predicted octanol–water partition coefficient (Wildman–Crippen LogP) is 2.30. The number of amides is 1. The highest BCUT2D eigenvalue weighted by Crippen LogP contribution is 2.05. The maximum Gasteiger partial charge on any atom is 0.305 e. The number of esters is 1. The standard InChI is InChI=1S/C15H18FNO3/c1-2-20-15(19)7-4-10-17-14(18)9-8-12-5-3-6-13(16)11-12/h3,5-6,8-9,11H,2,4,7,10H2,1H3,(H,17,18). The fraction of sp³-hybridized carbons (Fsp3) is 0.333. The van der Waals surface area contributed by atoms with Crippen molar-refractivity contribution < 1.29 is 18.7 Å². The Morgan fingerprint density at radius 2 is 2.20 bits per heavy atom. The van der Waals surface area contributed by atoms with E-state index in [2.05, 4.69) is 5.32 Å². The Morgan fingerprint density at radius 3 is 2.90 bits per heavy atom. The Labute approximate surface area is 117 Å². The molecule has 0 atom stereocenters. The van der Waals surface area contributed by atoms with E-state index in [-0.39, 0.29) is 24.1 Å². The average Bonchev–Trinajstić information content (AvgIpc) is 2.42. The number of halogens is 1. The molecule has 108 valence electrons. The van der Waals surface area contributed by atoms with Crippen LogP contribution in [0.1, 0.15) is 25.3 Å². The number of hydrogen-bond donors (Lipinski definition) is 1. The van der Waals surface area contributed by atoms with Gasteiger partial charge in [-0.3, -0.25) is 9.59 Å². The van der Waals surface area contributed by atoms with Gasteiger partial charge >= 0.3 is 5.97 Å². The first-order chi connectivity index (χ1) is 9.61. The second-order valence-corrected chi connectivity index (χ2v) is 4.09. The summed E-state index contributed by atoms with van der Waals surface area (Å²) in [6.45, 7) is 2.50. The Bertz CT molecular complexity index is 486. The number of carbonyl (C=O) groups excluding carboxylic acids is 2. The van der Waals surface area contributed by atoms with Crippen LogP contribution in [-0.2, 0) is 14.3 Å². The van der Waals surface area contributed by atoms with Gasteiger partial charge in [-0.05, 0) is 37.1 Å². The van der Waals surface area contributed by atoms with E-state index in [1.165, 1.54) is 24.3 Å². The monoisotopic (exact) mass is 279 g/mol. The van der Waals surface area contributed by atoms with Crippen molar-refractivity contribution in [2.75, 3.05) is 13.2 Å². The lowest BCUT2D eigenvalue weighted by atomic mass is 10.2. The molecular formula is C15H18FNO3. The summed E-state index contributed by atoms with van der Waals surface area (Å²) < 4.78 is 17.7. The van der Waals surface area contributed by atoms with Gasteiger partial charge in [0.15, 0.2) is 0 Å². The molecule has 1 N–H and O–H groups in total. The smallest absolute Gasteiger partial charge is 0.305 e. The minimum atomic E-state index is -0.345. The van der Waals surface area contributed by atoms with Gasteiger partial charge in [-0.15, -0.1) is 0 Å². The van der Waals surface area contributed by atoms with Crippen molar-refractivity contribution in [3.8, 4) is 0 Å². The van der Waals surface area contributed by atoms with Crippen LogP contribution in [0.25, 0.3) is 6.08 Å². The zero-order valence-corrected chi connectivity index (χ0v) is 11.4. The van der Waals surface area contributed by atoms with Gasteiger partial charge in [-0.25, -0.2) is 4.39 Å². The zero-order chi connectivity index (χ0) is 14.8. The van der Waals surface area contributed by atoms with E-state index in [9.17, 15) is 14.0 Å². The number of carbonyl (C=O) groups is 2. The number of rotatable bonds is 7. The average molecular weight is 279 g/mol. The predicted molar refractivity (Wildman–Crippen MR) is 74.3 cm³/mol. The van der Waals surface area contributed by atoms with Crippen molar-refractivity contribution in [2.24, 2.45) is 0 Å². The first kappa shape index (κ1) is 15.9. The molecule has 4 nitrogen and oxygen atoms in total. The third kappa shape index (κ3) is 6.68. The minimum absolute atomic E-state index is 0.267. The summed E-state index contributed by atoms with van der Waals surface area (Å²) in [5, 5.41) is 2.64.